The Bertz CT molecular complexity index is 429. The van der Waals surface area contributed by atoms with Gasteiger partial charge in [0.1, 0.15) is 0 Å². The zero-order valence-electron chi connectivity index (χ0n) is 11.0. The zero-order valence-corrected chi connectivity index (χ0v) is 13.5. The molecule has 1 unspecified atom stereocenters. The van der Waals surface area contributed by atoms with Crippen LogP contribution in [0.5, 0.6) is 0 Å². The summed E-state index contributed by atoms with van der Waals surface area (Å²) in [6.45, 7) is 6.21. The highest BCUT2D eigenvalue weighted by Crippen LogP contribution is 2.37. The van der Waals surface area contributed by atoms with Crippen molar-refractivity contribution in [2.24, 2.45) is 5.73 Å². The first-order chi connectivity index (χ1) is 8.65. The number of nitrogens with two attached hydrogens (primary N) is 1. The Kier molecular flexibility index (Phi) is 5.76. The Morgan fingerprint density at radius 1 is 1.21 bits per heavy atom. The molecule has 0 saturated carbocycles. The predicted octanol–water partition coefficient (Wildman–Crippen LogP) is 4.78. The minimum Gasteiger partial charge on any atom is -0.409 e. The molecule has 2 N–H and O–H groups in total. The highest BCUT2D eigenvalue weighted by molar-refractivity contribution is 6.69. The van der Waals surface area contributed by atoms with E-state index in [1.165, 1.54) is 12.1 Å². The van der Waals surface area contributed by atoms with Gasteiger partial charge in [-0.05, 0) is 31.8 Å². The van der Waals surface area contributed by atoms with Crippen molar-refractivity contribution in [2.45, 2.75) is 32.2 Å². The van der Waals surface area contributed by atoms with Crippen LogP contribution in [0.25, 0.3) is 0 Å². The van der Waals surface area contributed by atoms with Gasteiger partial charge < -0.3 is 10.2 Å². The van der Waals surface area contributed by atoms with Crippen LogP contribution in [0, 0.1) is 0 Å². The molecule has 2 nitrogen and oxygen atoms in total. The van der Waals surface area contributed by atoms with Crippen LogP contribution >= 0.6 is 23.2 Å². The lowest BCUT2D eigenvalue weighted by Gasteiger charge is -2.27. The first-order valence-electron chi connectivity index (χ1n) is 5.80. The van der Waals surface area contributed by atoms with Crippen molar-refractivity contribution in [1.82, 2.24) is 0 Å². The van der Waals surface area contributed by atoms with Gasteiger partial charge in [0.15, 0.2) is 8.32 Å². The van der Waals surface area contributed by atoms with E-state index in [1.54, 1.807) is 0 Å². The number of rotatable bonds is 5. The van der Waals surface area contributed by atoms with Gasteiger partial charge in [-0.2, -0.15) is 0 Å². The molecule has 0 fully saturated rings. The molecular formula is C12H17Cl2F2NOSi. The fourth-order valence-electron chi connectivity index (χ4n) is 1.69. The summed E-state index contributed by atoms with van der Waals surface area (Å²) in [5.74, 6) is 0. The molecule has 0 bridgehead atoms. The van der Waals surface area contributed by atoms with E-state index in [0.717, 1.165) is 0 Å². The van der Waals surface area contributed by atoms with E-state index >= 15 is 0 Å². The highest BCUT2D eigenvalue weighted by Gasteiger charge is 2.26. The van der Waals surface area contributed by atoms with Gasteiger partial charge in [-0.1, -0.05) is 23.2 Å². The number of hydrogen-bond donors (Lipinski definition) is 1. The van der Waals surface area contributed by atoms with Crippen LogP contribution in [-0.4, -0.2) is 14.9 Å². The lowest BCUT2D eigenvalue weighted by Crippen LogP contribution is -2.31. The number of hydrogen-bond acceptors (Lipinski definition) is 2. The molecule has 0 heterocycles. The summed E-state index contributed by atoms with van der Waals surface area (Å²) in [6.07, 6.45) is -3.09. The van der Waals surface area contributed by atoms with Crippen molar-refractivity contribution in [3.63, 3.8) is 0 Å². The first-order valence-corrected chi connectivity index (χ1v) is 9.97. The zero-order chi connectivity index (χ0) is 14.8. The summed E-state index contributed by atoms with van der Waals surface area (Å²) in [7, 11) is -1.85. The van der Waals surface area contributed by atoms with Gasteiger partial charge in [0.25, 0.3) is 6.43 Å². The van der Waals surface area contributed by atoms with Gasteiger partial charge in [-0.15, -0.1) is 0 Å². The van der Waals surface area contributed by atoms with E-state index in [1.807, 2.05) is 19.6 Å². The second-order valence-electron chi connectivity index (χ2n) is 5.15. The van der Waals surface area contributed by atoms with Crippen LogP contribution in [0.2, 0.25) is 29.7 Å². The summed E-state index contributed by atoms with van der Waals surface area (Å²) < 4.78 is 31.2. The molecule has 0 aliphatic rings. The van der Waals surface area contributed by atoms with Gasteiger partial charge in [-0.3, -0.25) is 0 Å². The molecule has 0 amide bonds. The summed E-state index contributed by atoms with van der Waals surface area (Å²) in [4.78, 5) is 0. The third-order valence-electron chi connectivity index (χ3n) is 2.39. The maximum absolute atomic E-state index is 12.6. The first kappa shape index (κ1) is 16.9. The van der Waals surface area contributed by atoms with Crippen LogP contribution in [0.1, 0.15) is 23.7 Å². The Morgan fingerprint density at radius 3 is 2.00 bits per heavy atom. The minimum absolute atomic E-state index is 0.163. The van der Waals surface area contributed by atoms with Gasteiger partial charge in [0.2, 0.25) is 0 Å². The lowest BCUT2D eigenvalue weighted by atomic mass is 10.1. The van der Waals surface area contributed by atoms with Crippen LogP contribution in [0.15, 0.2) is 12.1 Å². The molecule has 0 aromatic heterocycles. The van der Waals surface area contributed by atoms with Crippen molar-refractivity contribution in [1.29, 1.82) is 0 Å². The topological polar surface area (TPSA) is 35.2 Å². The van der Waals surface area contributed by atoms with Crippen molar-refractivity contribution in [3.8, 4) is 0 Å². The molecule has 108 valence electrons. The van der Waals surface area contributed by atoms with E-state index in [4.69, 9.17) is 33.4 Å². The Morgan fingerprint density at radius 2 is 1.68 bits per heavy atom. The van der Waals surface area contributed by atoms with Crippen LogP contribution < -0.4 is 5.73 Å². The normalized spacial score (nSPS) is 13.9. The summed E-state index contributed by atoms with van der Waals surface area (Å²) >= 11 is 12.1. The summed E-state index contributed by atoms with van der Waals surface area (Å²) in [6, 6.07) is 2.42. The number of benzene rings is 1. The molecule has 0 aliphatic carbocycles. The maximum atomic E-state index is 12.6. The second kappa shape index (κ2) is 6.50. The molecule has 7 heteroatoms. The van der Waals surface area contributed by atoms with E-state index in [0.29, 0.717) is 5.56 Å². The molecule has 0 radical (unpaired) electrons. The third-order valence-corrected chi connectivity index (χ3v) is 4.00. The number of alkyl halides is 2. The molecule has 1 rings (SSSR count). The summed E-state index contributed by atoms with van der Waals surface area (Å²) in [5.41, 5.74) is 5.96. The monoisotopic (exact) mass is 327 g/mol. The van der Waals surface area contributed by atoms with E-state index in [-0.39, 0.29) is 22.2 Å². The van der Waals surface area contributed by atoms with Crippen LogP contribution in [0.3, 0.4) is 0 Å². The SMILES string of the molecule is C[Si](C)(C)OC(CN)c1c(Cl)cc(C(F)F)cc1Cl. The van der Waals surface area contributed by atoms with Crippen molar-refractivity contribution in [2.75, 3.05) is 6.54 Å². The predicted molar refractivity (Wildman–Crippen MR) is 77.6 cm³/mol. The smallest absolute Gasteiger partial charge is 0.263 e. The van der Waals surface area contributed by atoms with E-state index < -0.39 is 20.8 Å². The molecule has 1 aromatic carbocycles. The van der Waals surface area contributed by atoms with Crippen molar-refractivity contribution in [3.05, 3.63) is 33.3 Å². The Balaban J connectivity index is 3.18. The Labute approximate surface area is 123 Å². The average Bonchev–Trinajstić information content (AvgIpc) is 2.24. The quantitative estimate of drug-likeness (QED) is 0.789. The van der Waals surface area contributed by atoms with E-state index in [2.05, 4.69) is 0 Å². The standard InChI is InChI=1S/C12H17Cl2F2NOSi/c1-19(2,3)18-10(6-17)11-8(13)4-7(12(15)16)5-9(11)14/h4-5,10,12H,6,17H2,1-3H3. The van der Waals surface area contributed by atoms with Gasteiger partial charge in [0, 0.05) is 27.7 Å². The Hall–Kier alpha value is -0.203. The van der Waals surface area contributed by atoms with Gasteiger partial charge in [-0.25, -0.2) is 8.78 Å². The molecule has 19 heavy (non-hydrogen) atoms. The fourth-order valence-corrected chi connectivity index (χ4v) is 3.50. The average molecular weight is 328 g/mol. The number of halogens is 4. The van der Waals surface area contributed by atoms with Gasteiger partial charge >= 0.3 is 0 Å². The molecule has 0 aliphatic heterocycles. The molecule has 0 spiro atoms. The fraction of sp³-hybridized carbons (Fsp3) is 0.500. The molecule has 1 aromatic rings. The van der Waals surface area contributed by atoms with Crippen molar-refractivity contribution < 1.29 is 13.2 Å². The van der Waals surface area contributed by atoms with Crippen molar-refractivity contribution >= 4 is 31.5 Å². The minimum atomic E-state index is -2.61. The largest absolute Gasteiger partial charge is 0.409 e. The van der Waals surface area contributed by atoms with Gasteiger partial charge in [0.05, 0.1) is 6.10 Å². The molecule has 1 atom stereocenters. The second-order valence-corrected chi connectivity index (χ2v) is 10.4. The lowest BCUT2D eigenvalue weighted by molar-refractivity contribution is 0.151. The molecule has 0 saturated heterocycles. The third kappa shape index (κ3) is 4.68. The summed E-state index contributed by atoms with van der Waals surface area (Å²) in [5, 5.41) is 0.327. The maximum Gasteiger partial charge on any atom is 0.263 e. The van der Waals surface area contributed by atoms with Crippen LogP contribution in [-0.2, 0) is 4.43 Å². The van der Waals surface area contributed by atoms with Crippen LogP contribution in [0.4, 0.5) is 8.78 Å². The molecular weight excluding hydrogens is 311 g/mol. The highest BCUT2D eigenvalue weighted by atomic mass is 35.5. The van der Waals surface area contributed by atoms with E-state index in [9.17, 15) is 8.78 Å².